The molecule has 4 heterocycles. The molecule has 2 fully saturated rings. The second-order valence-corrected chi connectivity index (χ2v) is 9.91. The molecular formula is C27H25F3N8O4. The van der Waals surface area contributed by atoms with Crippen molar-refractivity contribution in [3.8, 4) is 11.4 Å². The zero-order valence-electron chi connectivity index (χ0n) is 22.0. The van der Waals surface area contributed by atoms with Crippen LogP contribution in [0.3, 0.4) is 0 Å². The molecule has 0 spiro atoms. The number of benzene rings is 2. The molecule has 6 rings (SSSR count). The highest BCUT2D eigenvalue weighted by molar-refractivity contribution is 6.00. The van der Waals surface area contributed by atoms with E-state index >= 15 is 0 Å². The summed E-state index contributed by atoms with van der Waals surface area (Å²) in [6, 6.07) is 11.8. The third-order valence-electron chi connectivity index (χ3n) is 6.91. The van der Waals surface area contributed by atoms with Gasteiger partial charge in [-0.3, -0.25) is 4.79 Å². The summed E-state index contributed by atoms with van der Waals surface area (Å²) in [6.45, 7) is 0.281. The average molecular weight is 583 g/mol. The van der Waals surface area contributed by atoms with Crippen molar-refractivity contribution in [1.82, 2.24) is 19.7 Å². The number of primary amides is 1. The smallest absolute Gasteiger partial charge is 0.377 e. The lowest BCUT2D eigenvalue weighted by atomic mass is 10.1. The first-order valence-corrected chi connectivity index (χ1v) is 13.0. The number of carbonyl (C=O) groups is 2. The predicted molar refractivity (Wildman–Crippen MR) is 146 cm³/mol. The van der Waals surface area contributed by atoms with Gasteiger partial charge in [-0.2, -0.15) is 18.3 Å². The maximum Gasteiger partial charge on any atom is 0.408 e. The highest BCUT2D eigenvalue weighted by Gasteiger charge is 2.38. The van der Waals surface area contributed by atoms with Crippen LogP contribution in [0.2, 0.25) is 0 Å². The molecule has 0 saturated carbocycles. The molecule has 2 aliphatic rings. The number of halogens is 3. The van der Waals surface area contributed by atoms with Crippen LogP contribution in [-0.2, 0) is 16.0 Å². The van der Waals surface area contributed by atoms with Crippen molar-refractivity contribution in [3.05, 3.63) is 60.3 Å². The zero-order chi connectivity index (χ0) is 29.4. The van der Waals surface area contributed by atoms with Gasteiger partial charge >= 0.3 is 12.2 Å². The van der Waals surface area contributed by atoms with Crippen molar-refractivity contribution in [3.63, 3.8) is 0 Å². The molecule has 4 N–H and O–H groups in total. The molecule has 0 aliphatic carbocycles. The number of anilines is 3. The highest BCUT2D eigenvalue weighted by atomic mass is 19.4. The number of amides is 3. The van der Waals surface area contributed by atoms with Gasteiger partial charge in [-0.15, -0.1) is 0 Å². The molecule has 2 bridgehead atoms. The van der Waals surface area contributed by atoms with Crippen molar-refractivity contribution in [2.75, 3.05) is 42.0 Å². The van der Waals surface area contributed by atoms with Crippen LogP contribution in [-0.4, -0.2) is 76.4 Å². The van der Waals surface area contributed by atoms with Gasteiger partial charge in [0.1, 0.15) is 12.4 Å². The first-order valence-electron chi connectivity index (χ1n) is 13.0. The highest BCUT2D eigenvalue weighted by Crippen LogP contribution is 2.34. The minimum absolute atomic E-state index is 0.0572. The number of nitrogens with zero attached hydrogens (tertiary/aromatic N) is 5. The van der Waals surface area contributed by atoms with Crippen LogP contribution >= 0.6 is 0 Å². The largest absolute Gasteiger partial charge is 0.408 e. The summed E-state index contributed by atoms with van der Waals surface area (Å²) in [7, 11) is 0. The van der Waals surface area contributed by atoms with Gasteiger partial charge in [-0.1, -0.05) is 0 Å². The topological polar surface area (TPSA) is 150 Å². The number of morpholine rings is 2. The summed E-state index contributed by atoms with van der Waals surface area (Å²) >= 11 is 0. The number of hydrogen-bond donors (Lipinski definition) is 3. The minimum Gasteiger partial charge on any atom is -0.377 e. The Kier molecular flexibility index (Phi) is 7.12. The molecule has 15 heteroatoms. The molecule has 4 aromatic rings. The maximum absolute atomic E-state index is 13.3. The fraction of sp³-hybridized carbons (Fsp3) is 0.296. The lowest BCUT2D eigenvalue weighted by molar-refractivity contribution is -0.141. The number of alkyl halides is 3. The van der Waals surface area contributed by atoms with Gasteiger partial charge in [0, 0.05) is 22.5 Å². The first-order chi connectivity index (χ1) is 20.1. The van der Waals surface area contributed by atoms with Gasteiger partial charge < -0.3 is 30.7 Å². The van der Waals surface area contributed by atoms with Crippen LogP contribution in [0.1, 0.15) is 10.4 Å². The molecule has 42 heavy (non-hydrogen) atoms. The molecule has 12 nitrogen and oxygen atoms in total. The molecule has 2 aromatic carbocycles. The van der Waals surface area contributed by atoms with E-state index in [4.69, 9.17) is 20.2 Å². The van der Waals surface area contributed by atoms with Gasteiger partial charge in [-0.25, -0.2) is 19.4 Å². The molecule has 2 aromatic heterocycles. The molecule has 0 radical (unpaired) electrons. The normalized spacial score (nSPS) is 18.6. The van der Waals surface area contributed by atoms with E-state index in [9.17, 15) is 22.8 Å². The summed E-state index contributed by atoms with van der Waals surface area (Å²) < 4.78 is 52.2. The number of aromatic nitrogens is 4. The molecular weight excluding hydrogens is 557 g/mol. The van der Waals surface area contributed by atoms with Crippen LogP contribution in [0.25, 0.3) is 22.4 Å². The van der Waals surface area contributed by atoms with E-state index < -0.39 is 24.7 Å². The predicted octanol–water partition coefficient (Wildman–Crippen LogP) is 3.40. The van der Waals surface area contributed by atoms with E-state index in [-0.39, 0.29) is 23.6 Å². The quantitative estimate of drug-likeness (QED) is 0.313. The van der Waals surface area contributed by atoms with Gasteiger partial charge in [0.25, 0.3) is 0 Å². The number of nitrogens with two attached hydrogens (primary N) is 1. The Bertz CT molecular complexity index is 1600. The van der Waals surface area contributed by atoms with E-state index in [2.05, 4.69) is 20.7 Å². The third-order valence-corrected chi connectivity index (χ3v) is 6.91. The molecule has 0 unspecified atom stereocenters. The van der Waals surface area contributed by atoms with Gasteiger partial charge in [-0.05, 0) is 48.5 Å². The average Bonchev–Trinajstić information content (AvgIpc) is 3.34. The fourth-order valence-electron chi connectivity index (χ4n) is 5.01. The number of nitrogens with one attached hydrogen (secondary N) is 2. The summed E-state index contributed by atoms with van der Waals surface area (Å²) in [5, 5.41) is 9.74. The van der Waals surface area contributed by atoms with E-state index in [1.165, 1.54) is 18.3 Å². The SMILES string of the molecule is NC(=O)c1ccc(NC(=O)Nc2ccc(-c3nc(N4C5COCC4COC5)c4cnn(CC(F)(F)F)c4n3)cc2)cc1. The lowest BCUT2D eigenvalue weighted by Gasteiger charge is -2.46. The Morgan fingerprint density at radius 1 is 0.905 bits per heavy atom. The number of ether oxygens (including phenoxy) is 2. The zero-order valence-corrected chi connectivity index (χ0v) is 22.0. The summed E-state index contributed by atoms with van der Waals surface area (Å²) in [6.07, 6.45) is -3.13. The Balaban J connectivity index is 1.28. The number of urea groups is 1. The van der Waals surface area contributed by atoms with Crippen molar-refractivity contribution in [2.45, 2.75) is 24.8 Å². The molecule has 3 amide bonds. The Morgan fingerprint density at radius 3 is 2.02 bits per heavy atom. The third kappa shape index (κ3) is 5.69. The number of fused-ring (bicyclic) bond motifs is 3. The Hall–Kier alpha value is -4.76. The van der Waals surface area contributed by atoms with Crippen molar-refractivity contribution in [1.29, 1.82) is 0 Å². The van der Waals surface area contributed by atoms with E-state index in [0.717, 1.165) is 4.68 Å². The Labute approximate surface area is 236 Å². The lowest BCUT2D eigenvalue weighted by Crippen LogP contribution is -2.60. The van der Waals surface area contributed by atoms with E-state index in [1.807, 2.05) is 4.90 Å². The van der Waals surface area contributed by atoms with E-state index in [0.29, 0.717) is 60.1 Å². The van der Waals surface area contributed by atoms with Crippen LogP contribution in [0.5, 0.6) is 0 Å². The number of carbonyl (C=O) groups excluding carboxylic acids is 2. The van der Waals surface area contributed by atoms with Gasteiger partial charge in [0.05, 0.1) is 50.1 Å². The maximum atomic E-state index is 13.3. The van der Waals surface area contributed by atoms with E-state index in [1.54, 1.807) is 36.4 Å². The van der Waals surface area contributed by atoms with Crippen LogP contribution < -0.4 is 21.3 Å². The number of rotatable bonds is 6. The van der Waals surface area contributed by atoms with Crippen molar-refractivity contribution >= 4 is 40.2 Å². The fourth-order valence-corrected chi connectivity index (χ4v) is 5.01. The molecule has 2 aliphatic heterocycles. The Morgan fingerprint density at radius 2 is 1.48 bits per heavy atom. The molecule has 2 saturated heterocycles. The van der Waals surface area contributed by atoms with Gasteiger partial charge in [0.15, 0.2) is 11.5 Å². The van der Waals surface area contributed by atoms with Crippen molar-refractivity contribution < 1.29 is 32.2 Å². The number of hydrogen-bond acceptors (Lipinski definition) is 8. The summed E-state index contributed by atoms with van der Waals surface area (Å²) in [5.74, 6) is 0.0966. The molecule has 218 valence electrons. The monoisotopic (exact) mass is 582 g/mol. The van der Waals surface area contributed by atoms with Crippen LogP contribution in [0.4, 0.5) is 35.2 Å². The summed E-state index contributed by atoms with van der Waals surface area (Å²) in [4.78, 5) is 35.0. The second kappa shape index (κ2) is 10.9. The van der Waals surface area contributed by atoms with Crippen molar-refractivity contribution in [2.24, 2.45) is 5.73 Å². The summed E-state index contributed by atoms with van der Waals surface area (Å²) in [5.41, 5.74) is 7.04. The first kappa shape index (κ1) is 27.4. The minimum atomic E-state index is -4.49. The standard InChI is InChI=1S/C27H25F3N8O4/c28-27(29,30)14-37-24-21(9-32-37)25(38-19-10-41-12-20(38)13-42-11-19)36-23(35-24)16-3-7-18(8-4-16)34-26(40)33-17-5-1-15(2-6-17)22(31)39/h1-9,19-20H,10-14H2,(H2,31,39)(H2,33,34,40). The van der Waals surface area contributed by atoms with Gasteiger partial charge in [0.2, 0.25) is 5.91 Å². The van der Waals surface area contributed by atoms with Crippen LogP contribution in [0.15, 0.2) is 54.7 Å². The molecule has 0 atom stereocenters. The second-order valence-electron chi connectivity index (χ2n) is 9.91. The van der Waals surface area contributed by atoms with Crippen LogP contribution in [0, 0.1) is 0 Å².